The second kappa shape index (κ2) is 7.08. The predicted octanol–water partition coefficient (Wildman–Crippen LogP) is 4.62. The standard InChI is InChI=1S/C22H16FNO4/c23-16-8-4-5-9-17(16)24-12-15-21(27)20-18(26)10-14(25)11-19(20)28-22(15)13-6-2-1-3-7-13/h1-11,24-26H,12H2. The Morgan fingerprint density at radius 3 is 2.43 bits per heavy atom. The number of para-hydroxylation sites is 1. The zero-order chi connectivity index (χ0) is 19.7. The predicted molar refractivity (Wildman–Crippen MR) is 105 cm³/mol. The molecule has 140 valence electrons. The Balaban J connectivity index is 1.91. The van der Waals surface area contributed by atoms with E-state index < -0.39 is 11.2 Å². The van der Waals surface area contributed by atoms with E-state index in [1.54, 1.807) is 42.5 Å². The highest BCUT2D eigenvalue weighted by Gasteiger charge is 2.19. The highest BCUT2D eigenvalue weighted by Crippen LogP contribution is 2.32. The van der Waals surface area contributed by atoms with Crippen LogP contribution in [0.25, 0.3) is 22.3 Å². The first kappa shape index (κ1) is 17.6. The Hall–Kier alpha value is -3.80. The summed E-state index contributed by atoms with van der Waals surface area (Å²) in [5, 5.41) is 22.8. The maximum Gasteiger partial charge on any atom is 0.202 e. The van der Waals surface area contributed by atoms with Gasteiger partial charge in [0.2, 0.25) is 5.43 Å². The Morgan fingerprint density at radius 1 is 0.964 bits per heavy atom. The molecule has 4 rings (SSSR count). The van der Waals surface area contributed by atoms with Crippen LogP contribution in [0.4, 0.5) is 10.1 Å². The molecule has 0 saturated heterocycles. The minimum Gasteiger partial charge on any atom is -0.508 e. The molecule has 0 bridgehead atoms. The van der Waals surface area contributed by atoms with Crippen LogP contribution in [-0.4, -0.2) is 10.2 Å². The van der Waals surface area contributed by atoms with Crippen LogP contribution in [0.15, 0.2) is 75.9 Å². The second-order valence-electron chi connectivity index (χ2n) is 6.28. The monoisotopic (exact) mass is 377 g/mol. The van der Waals surface area contributed by atoms with Gasteiger partial charge in [-0.2, -0.15) is 0 Å². The van der Waals surface area contributed by atoms with Gasteiger partial charge in [0.15, 0.2) is 0 Å². The lowest BCUT2D eigenvalue weighted by molar-refractivity contribution is 0.452. The van der Waals surface area contributed by atoms with Crippen molar-refractivity contribution in [3.63, 3.8) is 0 Å². The Bertz CT molecular complexity index is 1220. The molecular formula is C22H16FNO4. The summed E-state index contributed by atoms with van der Waals surface area (Å²) >= 11 is 0. The molecule has 0 atom stereocenters. The Morgan fingerprint density at radius 2 is 1.68 bits per heavy atom. The summed E-state index contributed by atoms with van der Waals surface area (Å²) < 4.78 is 19.8. The van der Waals surface area contributed by atoms with Crippen LogP contribution in [0.2, 0.25) is 0 Å². The number of fused-ring (bicyclic) bond motifs is 1. The van der Waals surface area contributed by atoms with Crippen molar-refractivity contribution in [2.75, 3.05) is 5.32 Å². The summed E-state index contributed by atoms with van der Waals surface area (Å²) in [7, 11) is 0. The summed E-state index contributed by atoms with van der Waals surface area (Å²) in [5.74, 6) is -0.756. The fraction of sp³-hybridized carbons (Fsp3) is 0.0455. The first-order valence-corrected chi connectivity index (χ1v) is 8.60. The number of hydrogen-bond donors (Lipinski definition) is 3. The molecule has 0 aliphatic rings. The van der Waals surface area contributed by atoms with Gasteiger partial charge in [-0.25, -0.2) is 4.39 Å². The average Bonchev–Trinajstić information content (AvgIpc) is 2.68. The van der Waals surface area contributed by atoms with E-state index in [-0.39, 0.29) is 46.0 Å². The Labute approximate surface area is 159 Å². The van der Waals surface area contributed by atoms with Crippen LogP contribution >= 0.6 is 0 Å². The van der Waals surface area contributed by atoms with Crippen LogP contribution in [0, 0.1) is 5.82 Å². The smallest absolute Gasteiger partial charge is 0.202 e. The third-order valence-electron chi connectivity index (χ3n) is 4.42. The van der Waals surface area contributed by atoms with Crippen LogP contribution in [0.5, 0.6) is 11.5 Å². The minimum absolute atomic E-state index is 0.0102. The van der Waals surface area contributed by atoms with Gasteiger partial charge in [-0.05, 0) is 12.1 Å². The first-order valence-electron chi connectivity index (χ1n) is 8.60. The van der Waals surface area contributed by atoms with Crippen molar-refractivity contribution in [2.24, 2.45) is 0 Å². The van der Waals surface area contributed by atoms with Crippen molar-refractivity contribution < 1.29 is 19.0 Å². The maximum atomic E-state index is 13.9. The first-order chi connectivity index (χ1) is 13.5. The van der Waals surface area contributed by atoms with Gasteiger partial charge in [-0.1, -0.05) is 42.5 Å². The molecule has 1 heterocycles. The Kier molecular flexibility index (Phi) is 4.45. The molecular weight excluding hydrogens is 361 g/mol. The molecule has 0 spiro atoms. The van der Waals surface area contributed by atoms with E-state index in [4.69, 9.17) is 4.42 Å². The fourth-order valence-electron chi connectivity index (χ4n) is 3.09. The van der Waals surface area contributed by atoms with E-state index in [1.165, 1.54) is 12.1 Å². The van der Waals surface area contributed by atoms with Gasteiger partial charge in [-0.3, -0.25) is 4.79 Å². The van der Waals surface area contributed by atoms with Crippen molar-refractivity contribution in [1.29, 1.82) is 0 Å². The van der Waals surface area contributed by atoms with E-state index in [9.17, 15) is 19.4 Å². The molecule has 0 aliphatic carbocycles. The molecule has 1 aromatic heterocycles. The number of aromatic hydroxyl groups is 2. The van der Waals surface area contributed by atoms with Gasteiger partial charge in [0.1, 0.15) is 34.0 Å². The average molecular weight is 377 g/mol. The lowest BCUT2D eigenvalue weighted by Gasteiger charge is -2.13. The minimum atomic E-state index is -0.457. The van der Waals surface area contributed by atoms with E-state index in [1.807, 2.05) is 6.07 Å². The maximum absolute atomic E-state index is 13.9. The normalized spacial score (nSPS) is 10.9. The number of phenols is 2. The molecule has 28 heavy (non-hydrogen) atoms. The number of nitrogens with one attached hydrogen (secondary N) is 1. The molecule has 0 radical (unpaired) electrons. The molecule has 3 aromatic carbocycles. The lowest BCUT2D eigenvalue weighted by atomic mass is 10.0. The molecule has 4 aromatic rings. The van der Waals surface area contributed by atoms with E-state index in [0.717, 1.165) is 6.07 Å². The van der Waals surface area contributed by atoms with Gasteiger partial charge in [0.25, 0.3) is 0 Å². The molecule has 0 aliphatic heterocycles. The summed E-state index contributed by atoms with van der Waals surface area (Å²) in [6.07, 6.45) is 0. The van der Waals surface area contributed by atoms with Gasteiger partial charge in [0.05, 0.1) is 11.3 Å². The summed E-state index contributed by atoms with van der Waals surface area (Å²) in [5.41, 5.74) is 0.742. The van der Waals surface area contributed by atoms with E-state index in [0.29, 0.717) is 5.56 Å². The van der Waals surface area contributed by atoms with E-state index in [2.05, 4.69) is 5.32 Å². The summed E-state index contributed by atoms with van der Waals surface area (Å²) in [4.78, 5) is 13.1. The molecule has 0 unspecified atom stereocenters. The number of benzene rings is 3. The van der Waals surface area contributed by atoms with Gasteiger partial charge in [0, 0.05) is 24.2 Å². The quantitative estimate of drug-likeness (QED) is 0.483. The van der Waals surface area contributed by atoms with Crippen LogP contribution in [0.1, 0.15) is 5.56 Å². The van der Waals surface area contributed by atoms with Crippen molar-refractivity contribution in [2.45, 2.75) is 6.54 Å². The van der Waals surface area contributed by atoms with E-state index >= 15 is 0 Å². The van der Waals surface area contributed by atoms with Crippen LogP contribution in [-0.2, 0) is 6.54 Å². The fourth-order valence-corrected chi connectivity index (χ4v) is 3.09. The molecule has 5 nitrogen and oxygen atoms in total. The molecule has 0 fully saturated rings. The van der Waals surface area contributed by atoms with Crippen LogP contribution in [0.3, 0.4) is 0 Å². The van der Waals surface area contributed by atoms with Crippen LogP contribution < -0.4 is 10.7 Å². The molecule has 0 saturated carbocycles. The van der Waals surface area contributed by atoms with Crippen molar-refractivity contribution in [3.05, 3.63) is 88.3 Å². The number of rotatable bonds is 4. The number of hydrogen-bond acceptors (Lipinski definition) is 5. The highest BCUT2D eigenvalue weighted by atomic mass is 19.1. The highest BCUT2D eigenvalue weighted by molar-refractivity contribution is 5.87. The van der Waals surface area contributed by atoms with Gasteiger partial charge >= 0.3 is 0 Å². The summed E-state index contributed by atoms with van der Waals surface area (Å²) in [6.45, 7) is -0.0102. The number of halogens is 1. The van der Waals surface area contributed by atoms with Crippen molar-refractivity contribution in [3.8, 4) is 22.8 Å². The third-order valence-corrected chi connectivity index (χ3v) is 4.42. The number of phenolic OH excluding ortho intramolecular Hbond substituents is 2. The molecule has 0 amide bonds. The molecule has 3 N–H and O–H groups in total. The second-order valence-corrected chi connectivity index (χ2v) is 6.28. The third kappa shape index (κ3) is 3.16. The lowest BCUT2D eigenvalue weighted by Crippen LogP contribution is -2.15. The SMILES string of the molecule is O=c1c(CNc2ccccc2F)c(-c2ccccc2)oc2cc(O)cc(O)c12. The zero-order valence-corrected chi connectivity index (χ0v) is 14.6. The largest absolute Gasteiger partial charge is 0.508 e. The molecule has 6 heteroatoms. The van der Waals surface area contributed by atoms with Gasteiger partial charge < -0.3 is 19.9 Å². The zero-order valence-electron chi connectivity index (χ0n) is 14.6. The topological polar surface area (TPSA) is 82.7 Å². The summed E-state index contributed by atoms with van der Waals surface area (Å²) in [6, 6.07) is 17.5. The number of anilines is 1. The van der Waals surface area contributed by atoms with Crippen molar-refractivity contribution in [1.82, 2.24) is 0 Å². The van der Waals surface area contributed by atoms with Gasteiger partial charge in [-0.15, -0.1) is 0 Å². The van der Waals surface area contributed by atoms with Crippen molar-refractivity contribution >= 4 is 16.7 Å².